The molecule has 1 amide bonds. The van der Waals surface area contributed by atoms with E-state index in [4.69, 9.17) is 11.6 Å². The van der Waals surface area contributed by atoms with Crippen LogP contribution in [0.15, 0.2) is 77.3 Å². The van der Waals surface area contributed by atoms with Gasteiger partial charge in [-0.2, -0.15) is 0 Å². The third-order valence-electron chi connectivity index (χ3n) is 3.79. The van der Waals surface area contributed by atoms with Gasteiger partial charge in [-0.1, -0.05) is 54.1 Å². The zero-order valence-electron chi connectivity index (χ0n) is 13.0. The van der Waals surface area contributed by atoms with Crippen molar-refractivity contribution in [3.63, 3.8) is 0 Å². The number of carbonyl (C=O) groups is 1. The minimum Gasteiger partial charge on any atom is -0.341 e. The van der Waals surface area contributed by atoms with E-state index in [2.05, 4.69) is 21.2 Å². The van der Waals surface area contributed by atoms with Crippen molar-refractivity contribution in [2.24, 2.45) is 0 Å². The van der Waals surface area contributed by atoms with Crippen LogP contribution in [0.3, 0.4) is 0 Å². The SMILES string of the molecule is O=C(N[C@@H](c1ccccc1)c1ccc(Cl)cc1)c1ccc(F)cc1Br. The minimum absolute atomic E-state index is 0.296. The number of nitrogens with one attached hydrogen (secondary N) is 1. The zero-order chi connectivity index (χ0) is 17.8. The monoisotopic (exact) mass is 417 g/mol. The van der Waals surface area contributed by atoms with Gasteiger partial charge in [0.1, 0.15) is 5.82 Å². The third kappa shape index (κ3) is 4.27. The van der Waals surface area contributed by atoms with Crippen molar-refractivity contribution in [3.8, 4) is 0 Å². The van der Waals surface area contributed by atoms with Crippen molar-refractivity contribution in [2.45, 2.75) is 6.04 Å². The molecule has 0 aromatic heterocycles. The van der Waals surface area contributed by atoms with Gasteiger partial charge in [0.25, 0.3) is 5.91 Å². The summed E-state index contributed by atoms with van der Waals surface area (Å²) in [5, 5.41) is 3.64. The molecule has 0 spiro atoms. The quantitative estimate of drug-likeness (QED) is 0.573. The summed E-state index contributed by atoms with van der Waals surface area (Å²) >= 11 is 9.21. The van der Waals surface area contributed by atoms with Crippen molar-refractivity contribution in [1.82, 2.24) is 5.32 Å². The van der Waals surface area contributed by atoms with E-state index < -0.39 is 5.82 Å². The van der Waals surface area contributed by atoms with Gasteiger partial charge < -0.3 is 5.32 Å². The first-order valence-corrected chi connectivity index (χ1v) is 8.78. The van der Waals surface area contributed by atoms with Gasteiger partial charge in [0.05, 0.1) is 11.6 Å². The van der Waals surface area contributed by atoms with Gasteiger partial charge in [-0.25, -0.2) is 4.39 Å². The molecule has 25 heavy (non-hydrogen) atoms. The molecule has 3 rings (SSSR count). The lowest BCUT2D eigenvalue weighted by Gasteiger charge is -2.20. The Kier molecular flexibility index (Phi) is 5.51. The molecule has 1 atom stereocenters. The van der Waals surface area contributed by atoms with E-state index in [1.807, 2.05) is 42.5 Å². The van der Waals surface area contributed by atoms with E-state index in [1.54, 1.807) is 12.1 Å². The van der Waals surface area contributed by atoms with Crippen LogP contribution in [0, 0.1) is 5.82 Å². The van der Waals surface area contributed by atoms with Crippen LogP contribution in [-0.2, 0) is 0 Å². The third-order valence-corrected chi connectivity index (χ3v) is 4.70. The van der Waals surface area contributed by atoms with Crippen LogP contribution in [0.4, 0.5) is 4.39 Å². The smallest absolute Gasteiger partial charge is 0.253 e. The number of halogens is 3. The molecular formula is C20H14BrClFNO. The first kappa shape index (κ1) is 17.6. The molecule has 3 aromatic carbocycles. The average Bonchev–Trinajstić information content (AvgIpc) is 2.61. The predicted molar refractivity (Wildman–Crippen MR) is 101 cm³/mol. The number of hydrogen-bond donors (Lipinski definition) is 1. The second-order valence-corrected chi connectivity index (χ2v) is 6.78. The van der Waals surface area contributed by atoms with E-state index in [9.17, 15) is 9.18 Å². The molecule has 2 nitrogen and oxygen atoms in total. The molecule has 126 valence electrons. The van der Waals surface area contributed by atoms with Gasteiger partial charge in [0, 0.05) is 9.50 Å². The molecule has 0 saturated carbocycles. The van der Waals surface area contributed by atoms with Crippen LogP contribution in [0.2, 0.25) is 5.02 Å². The second-order valence-electron chi connectivity index (χ2n) is 5.49. The number of carbonyl (C=O) groups excluding carboxylic acids is 1. The van der Waals surface area contributed by atoms with Gasteiger partial charge in [-0.3, -0.25) is 4.79 Å². The predicted octanol–water partition coefficient (Wildman–Crippen LogP) is 5.76. The number of rotatable bonds is 4. The highest BCUT2D eigenvalue weighted by atomic mass is 79.9. The maximum Gasteiger partial charge on any atom is 0.253 e. The standard InChI is InChI=1S/C20H14BrClFNO/c21-18-12-16(23)10-11-17(18)20(25)24-19(13-4-2-1-3-5-13)14-6-8-15(22)9-7-14/h1-12,19H,(H,24,25)/t19-/m0/s1. The molecule has 3 aromatic rings. The highest BCUT2D eigenvalue weighted by Gasteiger charge is 2.19. The molecule has 0 aliphatic rings. The Morgan fingerprint density at radius 3 is 2.24 bits per heavy atom. The molecule has 0 heterocycles. The molecule has 0 fully saturated rings. The first-order valence-electron chi connectivity index (χ1n) is 7.61. The van der Waals surface area contributed by atoms with Crippen LogP contribution in [0.1, 0.15) is 27.5 Å². The first-order chi connectivity index (χ1) is 12.0. The number of amides is 1. The molecule has 0 aliphatic heterocycles. The molecule has 0 bridgehead atoms. The summed E-state index contributed by atoms with van der Waals surface area (Å²) in [6.45, 7) is 0. The second kappa shape index (κ2) is 7.81. The van der Waals surface area contributed by atoms with Gasteiger partial charge in [0.2, 0.25) is 0 Å². The molecule has 1 N–H and O–H groups in total. The van der Waals surface area contributed by atoms with Crippen LogP contribution in [0.25, 0.3) is 0 Å². The van der Waals surface area contributed by atoms with E-state index >= 15 is 0 Å². The van der Waals surface area contributed by atoms with Gasteiger partial charge >= 0.3 is 0 Å². The van der Waals surface area contributed by atoms with Crippen LogP contribution < -0.4 is 5.32 Å². The lowest BCUT2D eigenvalue weighted by atomic mass is 9.98. The number of hydrogen-bond acceptors (Lipinski definition) is 1. The van der Waals surface area contributed by atoms with Gasteiger partial charge in [-0.05, 0) is 57.4 Å². The van der Waals surface area contributed by atoms with E-state index in [0.29, 0.717) is 15.1 Å². The largest absolute Gasteiger partial charge is 0.341 e. The Hall–Kier alpha value is -2.17. The number of benzene rings is 3. The molecule has 0 radical (unpaired) electrons. The lowest BCUT2D eigenvalue weighted by Crippen LogP contribution is -2.29. The topological polar surface area (TPSA) is 29.1 Å². The van der Waals surface area contributed by atoms with Gasteiger partial charge in [0.15, 0.2) is 0 Å². The summed E-state index contributed by atoms with van der Waals surface area (Å²) in [6, 6.07) is 20.6. The van der Waals surface area contributed by atoms with Crippen LogP contribution in [0.5, 0.6) is 0 Å². The normalized spacial score (nSPS) is 11.8. The fourth-order valence-corrected chi connectivity index (χ4v) is 3.20. The van der Waals surface area contributed by atoms with E-state index in [0.717, 1.165) is 11.1 Å². The molecule has 0 saturated heterocycles. The maximum atomic E-state index is 13.3. The fourth-order valence-electron chi connectivity index (χ4n) is 2.54. The minimum atomic E-state index is -0.402. The lowest BCUT2D eigenvalue weighted by molar-refractivity contribution is 0.0942. The average molecular weight is 419 g/mol. The van der Waals surface area contributed by atoms with Crippen molar-refractivity contribution < 1.29 is 9.18 Å². The Labute approximate surface area is 158 Å². The summed E-state index contributed by atoms with van der Waals surface area (Å²) in [4.78, 5) is 12.7. The molecule has 5 heteroatoms. The Morgan fingerprint density at radius 2 is 1.60 bits per heavy atom. The summed E-state index contributed by atoms with van der Waals surface area (Å²) in [5.74, 6) is -0.698. The molecular weight excluding hydrogens is 405 g/mol. The Morgan fingerprint density at radius 1 is 0.960 bits per heavy atom. The van der Waals surface area contributed by atoms with Crippen molar-refractivity contribution in [2.75, 3.05) is 0 Å². The zero-order valence-corrected chi connectivity index (χ0v) is 15.4. The summed E-state index contributed by atoms with van der Waals surface area (Å²) in [5.41, 5.74) is 2.22. The van der Waals surface area contributed by atoms with Crippen molar-refractivity contribution >= 4 is 33.4 Å². The van der Waals surface area contributed by atoms with Gasteiger partial charge in [-0.15, -0.1) is 0 Å². The summed E-state index contributed by atoms with van der Waals surface area (Å²) in [6.07, 6.45) is 0. The van der Waals surface area contributed by atoms with Crippen molar-refractivity contribution in [1.29, 1.82) is 0 Å². The Bertz CT molecular complexity index is 884. The summed E-state index contributed by atoms with van der Waals surface area (Å²) in [7, 11) is 0. The van der Waals surface area contributed by atoms with Crippen LogP contribution >= 0.6 is 27.5 Å². The van der Waals surface area contributed by atoms with E-state index in [-0.39, 0.29) is 11.9 Å². The van der Waals surface area contributed by atoms with Crippen LogP contribution in [-0.4, -0.2) is 5.91 Å². The highest BCUT2D eigenvalue weighted by molar-refractivity contribution is 9.10. The highest BCUT2D eigenvalue weighted by Crippen LogP contribution is 2.25. The maximum absolute atomic E-state index is 13.3. The Balaban J connectivity index is 1.95. The van der Waals surface area contributed by atoms with E-state index in [1.165, 1.54) is 18.2 Å². The molecule has 0 aliphatic carbocycles. The summed E-state index contributed by atoms with van der Waals surface area (Å²) < 4.78 is 13.7. The fraction of sp³-hybridized carbons (Fsp3) is 0.0500. The molecule has 0 unspecified atom stereocenters. The van der Waals surface area contributed by atoms with Crippen molar-refractivity contribution in [3.05, 3.63) is 105 Å².